The maximum Gasteiger partial charge on any atom is -0.00228 e. The van der Waals surface area contributed by atoms with Crippen molar-refractivity contribution in [2.75, 3.05) is 0 Å². The van der Waals surface area contributed by atoms with Crippen molar-refractivity contribution in [3.63, 3.8) is 0 Å². The summed E-state index contributed by atoms with van der Waals surface area (Å²) in [6, 6.07) is 16.3. The quantitative estimate of drug-likeness (QED) is 0.303. The zero-order valence-corrected chi connectivity index (χ0v) is 20.2. The van der Waals surface area contributed by atoms with E-state index in [2.05, 4.69) is 56.3 Å². The molecule has 168 valence electrons. The number of hydrogen-bond donors (Lipinski definition) is 0. The molecule has 0 saturated heterocycles. The summed E-state index contributed by atoms with van der Waals surface area (Å²) >= 11 is 0. The molecule has 3 atom stereocenters. The summed E-state index contributed by atoms with van der Waals surface area (Å²) < 4.78 is 0. The van der Waals surface area contributed by atoms with Crippen LogP contribution in [0.4, 0.5) is 0 Å². The van der Waals surface area contributed by atoms with Crippen molar-refractivity contribution < 1.29 is 0 Å². The first-order chi connectivity index (χ1) is 15.3. The third-order valence-electron chi connectivity index (χ3n) is 8.22. The molecule has 2 bridgehead atoms. The third kappa shape index (κ3) is 5.63. The number of aryl methyl sites for hydroxylation is 1. The van der Waals surface area contributed by atoms with Crippen molar-refractivity contribution in [3.05, 3.63) is 70.3 Å². The van der Waals surface area contributed by atoms with Gasteiger partial charge in [0.05, 0.1) is 0 Å². The van der Waals surface area contributed by atoms with Gasteiger partial charge in [0.2, 0.25) is 0 Å². The SMILES string of the molecule is CCCCCCc1c(CCCCC)ccc(Cc2ccccc2)c1C1CC2CCC1C2. The highest BCUT2D eigenvalue weighted by Gasteiger charge is 2.41. The first-order valence-electron chi connectivity index (χ1n) is 13.5. The Morgan fingerprint density at radius 3 is 2.16 bits per heavy atom. The minimum atomic E-state index is 0.838. The van der Waals surface area contributed by atoms with Crippen LogP contribution in [0.25, 0.3) is 0 Å². The number of hydrogen-bond acceptors (Lipinski definition) is 0. The average Bonchev–Trinajstić information content (AvgIpc) is 3.42. The molecule has 0 aromatic heterocycles. The fourth-order valence-electron chi connectivity index (χ4n) is 6.61. The molecule has 4 rings (SSSR count). The maximum atomic E-state index is 2.53. The molecule has 0 heteroatoms. The topological polar surface area (TPSA) is 0 Å². The molecule has 31 heavy (non-hydrogen) atoms. The summed E-state index contributed by atoms with van der Waals surface area (Å²) in [5.41, 5.74) is 8.43. The lowest BCUT2D eigenvalue weighted by Crippen LogP contribution is -2.16. The number of unbranched alkanes of at least 4 members (excludes halogenated alkanes) is 5. The van der Waals surface area contributed by atoms with E-state index in [1.165, 1.54) is 89.0 Å². The molecule has 0 nitrogen and oxygen atoms in total. The Balaban J connectivity index is 1.69. The molecule has 2 aliphatic rings. The van der Waals surface area contributed by atoms with Crippen LogP contribution < -0.4 is 0 Å². The predicted molar refractivity (Wildman–Crippen MR) is 135 cm³/mol. The third-order valence-corrected chi connectivity index (χ3v) is 8.22. The molecule has 0 aliphatic heterocycles. The van der Waals surface area contributed by atoms with Crippen molar-refractivity contribution in [1.82, 2.24) is 0 Å². The van der Waals surface area contributed by atoms with Gasteiger partial charge in [0.1, 0.15) is 0 Å². The molecule has 0 radical (unpaired) electrons. The van der Waals surface area contributed by atoms with E-state index >= 15 is 0 Å². The van der Waals surface area contributed by atoms with Crippen LogP contribution in [0.5, 0.6) is 0 Å². The number of fused-ring (bicyclic) bond motifs is 2. The molecule has 0 N–H and O–H groups in total. The van der Waals surface area contributed by atoms with Gasteiger partial charge in [0.15, 0.2) is 0 Å². The van der Waals surface area contributed by atoms with Crippen molar-refractivity contribution in [3.8, 4) is 0 Å². The fraction of sp³-hybridized carbons (Fsp3) is 0.613. The van der Waals surface area contributed by atoms with Crippen molar-refractivity contribution >= 4 is 0 Å². The largest absolute Gasteiger partial charge is 0.0654 e. The molecular formula is C31H44. The highest BCUT2D eigenvalue weighted by molar-refractivity contribution is 5.47. The van der Waals surface area contributed by atoms with Crippen LogP contribution in [0, 0.1) is 11.8 Å². The smallest absolute Gasteiger partial charge is 0.00228 e. The van der Waals surface area contributed by atoms with Gasteiger partial charge in [-0.3, -0.25) is 0 Å². The first-order valence-corrected chi connectivity index (χ1v) is 13.5. The lowest BCUT2D eigenvalue weighted by molar-refractivity contribution is 0.415. The summed E-state index contributed by atoms with van der Waals surface area (Å²) in [5.74, 6) is 2.81. The molecule has 2 aromatic rings. The summed E-state index contributed by atoms with van der Waals surface area (Å²) in [6.45, 7) is 4.66. The molecule has 0 amide bonds. The van der Waals surface area contributed by atoms with Gasteiger partial charge in [0.25, 0.3) is 0 Å². The van der Waals surface area contributed by atoms with E-state index in [0.717, 1.165) is 24.2 Å². The van der Waals surface area contributed by atoms with Gasteiger partial charge in [-0.15, -0.1) is 0 Å². The molecule has 2 aromatic carbocycles. The first kappa shape index (κ1) is 22.6. The lowest BCUT2D eigenvalue weighted by Gasteiger charge is -2.29. The van der Waals surface area contributed by atoms with Crippen LogP contribution in [-0.4, -0.2) is 0 Å². The summed E-state index contributed by atoms with van der Waals surface area (Å²) in [5, 5.41) is 0. The Hall–Kier alpha value is -1.56. The van der Waals surface area contributed by atoms with Crippen LogP contribution >= 0.6 is 0 Å². The molecular weight excluding hydrogens is 372 g/mol. The van der Waals surface area contributed by atoms with Crippen molar-refractivity contribution in [2.45, 2.75) is 110 Å². The Morgan fingerprint density at radius 2 is 1.45 bits per heavy atom. The standard InChI is InChI=1S/C31H44/c1-3-5-7-12-16-29-26(15-9-6-4-2)19-20-28(21-24-13-10-8-11-14-24)31(29)30-23-25-17-18-27(30)22-25/h8,10-11,13-14,19-20,25,27,30H,3-7,9,12,15-18,21-23H2,1-2H3. The van der Waals surface area contributed by atoms with E-state index in [4.69, 9.17) is 0 Å². The normalized spacial score (nSPS) is 22.3. The van der Waals surface area contributed by atoms with Gasteiger partial charge in [-0.2, -0.15) is 0 Å². The van der Waals surface area contributed by atoms with Gasteiger partial charge in [0, 0.05) is 0 Å². The van der Waals surface area contributed by atoms with Gasteiger partial charge >= 0.3 is 0 Å². The summed E-state index contributed by atoms with van der Waals surface area (Å²) in [7, 11) is 0. The van der Waals surface area contributed by atoms with E-state index in [9.17, 15) is 0 Å². The van der Waals surface area contributed by atoms with Crippen LogP contribution in [0.3, 0.4) is 0 Å². The molecule has 0 spiro atoms. The second-order valence-corrected chi connectivity index (χ2v) is 10.5. The van der Waals surface area contributed by atoms with Crippen LogP contribution in [0.2, 0.25) is 0 Å². The number of rotatable bonds is 12. The van der Waals surface area contributed by atoms with Gasteiger partial charge in [-0.1, -0.05) is 94.8 Å². The zero-order valence-electron chi connectivity index (χ0n) is 20.2. The van der Waals surface area contributed by atoms with E-state index < -0.39 is 0 Å². The molecule has 0 heterocycles. The minimum absolute atomic E-state index is 0.838. The maximum absolute atomic E-state index is 2.53. The molecule has 2 fully saturated rings. The van der Waals surface area contributed by atoms with Crippen LogP contribution in [-0.2, 0) is 19.3 Å². The monoisotopic (exact) mass is 416 g/mol. The fourth-order valence-corrected chi connectivity index (χ4v) is 6.61. The van der Waals surface area contributed by atoms with Crippen molar-refractivity contribution in [1.29, 1.82) is 0 Å². The Labute approximate surface area is 191 Å². The average molecular weight is 417 g/mol. The molecule has 2 saturated carbocycles. The summed E-state index contributed by atoms with van der Waals surface area (Å²) in [4.78, 5) is 0. The summed E-state index contributed by atoms with van der Waals surface area (Å²) in [6.07, 6.45) is 19.2. The van der Waals surface area contributed by atoms with Crippen molar-refractivity contribution in [2.24, 2.45) is 11.8 Å². The van der Waals surface area contributed by atoms with Crippen LogP contribution in [0.15, 0.2) is 42.5 Å². The van der Waals surface area contributed by atoms with E-state index in [0.29, 0.717) is 0 Å². The number of benzene rings is 2. The predicted octanol–water partition coefficient (Wildman–Crippen LogP) is 9.04. The molecule has 2 aliphatic carbocycles. The second kappa shape index (κ2) is 11.3. The Morgan fingerprint density at radius 1 is 0.710 bits per heavy atom. The highest BCUT2D eigenvalue weighted by Crippen LogP contribution is 2.54. The molecule has 3 unspecified atom stereocenters. The van der Waals surface area contributed by atoms with Crippen LogP contribution in [0.1, 0.15) is 118 Å². The van der Waals surface area contributed by atoms with E-state index in [1.54, 1.807) is 16.7 Å². The van der Waals surface area contributed by atoms with Gasteiger partial charge < -0.3 is 0 Å². The minimum Gasteiger partial charge on any atom is -0.0654 e. The Bertz CT molecular complexity index is 802. The zero-order chi connectivity index (χ0) is 21.5. The second-order valence-electron chi connectivity index (χ2n) is 10.5. The lowest BCUT2D eigenvalue weighted by atomic mass is 9.75. The van der Waals surface area contributed by atoms with Gasteiger partial charge in [-0.05, 0) is 96.9 Å². The van der Waals surface area contributed by atoms with E-state index in [-0.39, 0.29) is 0 Å². The van der Waals surface area contributed by atoms with E-state index in [1.807, 2.05) is 5.56 Å². The van der Waals surface area contributed by atoms with Gasteiger partial charge in [-0.25, -0.2) is 0 Å². The Kier molecular flexibility index (Phi) is 8.28. The highest BCUT2D eigenvalue weighted by atomic mass is 14.5.